The molecule has 72 valence electrons. The smallest absolute Gasteiger partial charge is 0.122 e. The number of nitriles is 1. The number of hydrogen-bond donors (Lipinski definition) is 1. The molecular weight excluding hydrogens is 176 g/mol. The van der Waals surface area contributed by atoms with Crippen molar-refractivity contribution >= 4 is 0 Å². The van der Waals surface area contributed by atoms with Gasteiger partial charge in [-0.15, -0.1) is 0 Å². The van der Waals surface area contributed by atoms with Crippen LogP contribution in [0, 0.1) is 11.3 Å². The van der Waals surface area contributed by atoms with E-state index in [2.05, 4.69) is 17.5 Å². The largest absolute Gasteiger partial charge is 0.492 e. The lowest BCUT2D eigenvalue weighted by molar-refractivity contribution is 0.242. The molecule has 14 heavy (non-hydrogen) atoms. The van der Waals surface area contributed by atoms with Crippen LogP contribution in [0.15, 0.2) is 24.3 Å². The minimum Gasteiger partial charge on any atom is -0.492 e. The van der Waals surface area contributed by atoms with Gasteiger partial charge in [-0.2, -0.15) is 5.26 Å². The molecule has 0 amide bonds. The monoisotopic (exact) mass is 188 g/mol. The van der Waals surface area contributed by atoms with Crippen molar-refractivity contribution in [2.75, 3.05) is 13.2 Å². The summed E-state index contributed by atoms with van der Waals surface area (Å²) in [5.74, 6) is 0.975. The van der Waals surface area contributed by atoms with E-state index >= 15 is 0 Å². The van der Waals surface area contributed by atoms with Gasteiger partial charge in [-0.05, 0) is 18.1 Å². The number of fused-ring (bicyclic) bond motifs is 1. The first-order valence-corrected chi connectivity index (χ1v) is 4.71. The molecule has 1 unspecified atom stereocenters. The Bertz CT molecular complexity index is 357. The van der Waals surface area contributed by atoms with E-state index < -0.39 is 0 Å². The maximum absolute atomic E-state index is 8.44. The van der Waals surface area contributed by atoms with Gasteiger partial charge in [0.15, 0.2) is 0 Å². The van der Waals surface area contributed by atoms with Crippen LogP contribution in [-0.2, 0) is 6.42 Å². The zero-order valence-electron chi connectivity index (χ0n) is 7.86. The third kappa shape index (κ3) is 1.86. The molecule has 1 N–H and O–H groups in total. The third-order valence-corrected chi connectivity index (χ3v) is 2.35. The fourth-order valence-corrected chi connectivity index (χ4v) is 1.65. The van der Waals surface area contributed by atoms with Crippen molar-refractivity contribution in [3.63, 3.8) is 0 Å². The molecule has 1 aliphatic rings. The van der Waals surface area contributed by atoms with Gasteiger partial charge >= 0.3 is 0 Å². The normalized spacial score (nSPS) is 19.2. The summed E-state index contributed by atoms with van der Waals surface area (Å²) in [6.45, 7) is 1.04. The molecule has 0 aromatic heterocycles. The molecule has 0 bridgehead atoms. The molecular formula is C11H12N2O. The van der Waals surface area contributed by atoms with Gasteiger partial charge in [0, 0.05) is 6.04 Å². The van der Waals surface area contributed by atoms with E-state index in [0.717, 1.165) is 12.2 Å². The van der Waals surface area contributed by atoms with Crippen molar-refractivity contribution < 1.29 is 4.74 Å². The molecule has 1 aromatic carbocycles. The quantitative estimate of drug-likeness (QED) is 0.707. The van der Waals surface area contributed by atoms with Crippen LogP contribution in [0.25, 0.3) is 0 Å². The number of rotatable bonds is 2. The van der Waals surface area contributed by atoms with Crippen LogP contribution >= 0.6 is 0 Å². The van der Waals surface area contributed by atoms with Crippen LogP contribution in [0.3, 0.4) is 0 Å². The molecule has 1 aliphatic heterocycles. The Hall–Kier alpha value is -1.53. The lowest BCUT2D eigenvalue weighted by Gasteiger charge is -2.25. The van der Waals surface area contributed by atoms with E-state index in [1.807, 2.05) is 18.2 Å². The van der Waals surface area contributed by atoms with Crippen molar-refractivity contribution in [3.8, 4) is 11.8 Å². The minimum absolute atomic E-state index is 0.268. The number of nitrogens with one attached hydrogen (secondary N) is 1. The topological polar surface area (TPSA) is 45.0 Å². The van der Waals surface area contributed by atoms with E-state index in [4.69, 9.17) is 10.00 Å². The SMILES string of the molecule is N#CCNC1COc2ccccc2C1. The molecule has 3 heteroatoms. The summed E-state index contributed by atoms with van der Waals surface area (Å²) < 4.78 is 5.56. The van der Waals surface area contributed by atoms with Crippen LogP contribution in [0.1, 0.15) is 5.56 Å². The average molecular weight is 188 g/mol. The predicted octanol–water partition coefficient (Wildman–Crippen LogP) is 1.10. The lowest BCUT2D eigenvalue weighted by atomic mass is 10.0. The highest BCUT2D eigenvalue weighted by Gasteiger charge is 2.18. The van der Waals surface area contributed by atoms with E-state index in [0.29, 0.717) is 13.2 Å². The van der Waals surface area contributed by atoms with E-state index in [1.165, 1.54) is 5.56 Å². The van der Waals surface area contributed by atoms with Gasteiger partial charge in [0.1, 0.15) is 12.4 Å². The highest BCUT2D eigenvalue weighted by atomic mass is 16.5. The number of ether oxygens (including phenoxy) is 1. The summed E-state index contributed by atoms with van der Waals surface area (Å²) in [7, 11) is 0. The fourth-order valence-electron chi connectivity index (χ4n) is 1.65. The zero-order valence-corrected chi connectivity index (χ0v) is 7.86. The van der Waals surface area contributed by atoms with E-state index in [-0.39, 0.29) is 6.04 Å². The minimum atomic E-state index is 0.268. The van der Waals surface area contributed by atoms with Crippen molar-refractivity contribution in [1.82, 2.24) is 5.32 Å². The van der Waals surface area contributed by atoms with Gasteiger partial charge in [-0.1, -0.05) is 18.2 Å². The van der Waals surface area contributed by atoms with Crippen molar-refractivity contribution in [3.05, 3.63) is 29.8 Å². The Balaban J connectivity index is 2.03. The molecule has 0 spiro atoms. The second-order valence-electron chi connectivity index (χ2n) is 3.36. The Morgan fingerprint density at radius 1 is 1.50 bits per heavy atom. The number of nitrogens with zero attached hydrogens (tertiary/aromatic N) is 1. The number of benzene rings is 1. The van der Waals surface area contributed by atoms with Crippen LogP contribution in [-0.4, -0.2) is 19.2 Å². The second kappa shape index (κ2) is 4.12. The van der Waals surface area contributed by atoms with Crippen molar-refractivity contribution in [1.29, 1.82) is 5.26 Å². The lowest BCUT2D eigenvalue weighted by Crippen LogP contribution is -2.39. The first kappa shape index (κ1) is 9.04. The van der Waals surface area contributed by atoms with Gasteiger partial charge < -0.3 is 4.74 Å². The fraction of sp³-hybridized carbons (Fsp3) is 0.364. The first-order chi connectivity index (χ1) is 6.90. The molecule has 3 nitrogen and oxygen atoms in total. The summed E-state index contributed by atoms with van der Waals surface area (Å²) in [4.78, 5) is 0. The van der Waals surface area contributed by atoms with Crippen LogP contribution in [0.4, 0.5) is 0 Å². The molecule has 0 fully saturated rings. The van der Waals surface area contributed by atoms with Crippen molar-refractivity contribution in [2.24, 2.45) is 0 Å². The molecule has 0 aliphatic carbocycles. The van der Waals surface area contributed by atoms with Gasteiger partial charge in [0.05, 0.1) is 12.6 Å². The first-order valence-electron chi connectivity index (χ1n) is 4.71. The van der Waals surface area contributed by atoms with Crippen LogP contribution in [0.2, 0.25) is 0 Å². The average Bonchev–Trinajstić information content (AvgIpc) is 2.26. The summed E-state index contributed by atoms with van der Waals surface area (Å²) >= 11 is 0. The van der Waals surface area contributed by atoms with Crippen molar-refractivity contribution in [2.45, 2.75) is 12.5 Å². The van der Waals surface area contributed by atoms with Gasteiger partial charge in [0.25, 0.3) is 0 Å². The molecule has 1 atom stereocenters. The molecule has 1 aromatic rings. The van der Waals surface area contributed by atoms with Gasteiger partial charge in [-0.25, -0.2) is 0 Å². The number of hydrogen-bond acceptors (Lipinski definition) is 3. The summed E-state index contributed by atoms with van der Waals surface area (Å²) in [5.41, 5.74) is 1.22. The van der Waals surface area contributed by atoms with Gasteiger partial charge in [-0.3, -0.25) is 5.32 Å². The second-order valence-corrected chi connectivity index (χ2v) is 3.36. The van der Waals surface area contributed by atoms with E-state index in [9.17, 15) is 0 Å². The Kier molecular flexibility index (Phi) is 2.66. The Morgan fingerprint density at radius 2 is 2.36 bits per heavy atom. The predicted molar refractivity (Wildman–Crippen MR) is 53.0 cm³/mol. The molecule has 2 rings (SSSR count). The number of para-hydroxylation sites is 1. The maximum Gasteiger partial charge on any atom is 0.122 e. The van der Waals surface area contributed by atoms with Gasteiger partial charge in [0.2, 0.25) is 0 Å². The van der Waals surface area contributed by atoms with Crippen LogP contribution < -0.4 is 10.1 Å². The molecule has 0 radical (unpaired) electrons. The molecule has 0 saturated carbocycles. The zero-order chi connectivity index (χ0) is 9.80. The molecule has 1 heterocycles. The van der Waals surface area contributed by atoms with Crippen LogP contribution in [0.5, 0.6) is 5.75 Å². The Morgan fingerprint density at radius 3 is 3.21 bits per heavy atom. The highest BCUT2D eigenvalue weighted by molar-refractivity contribution is 5.35. The summed E-state index contributed by atoms with van der Waals surface area (Å²) in [5, 5.41) is 11.6. The molecule has 0 saturated heterocycles. The van der Waals surface area contributed by atoms with E-state index in [1.54, 1.807) is 0 Å². The standard InChI is InChI=1S/C11H12N2O/c12-5-6-13-10-7-9-3-1-2-4-11(9)14-8-10/h1-4,10,13H,6-8H2. The third-order valence-electron chi connectivity index (χ3n) is 2.35. The summed E-state index contributed by atoms with van der Waals surface area (Å²) in [6.07, 6.45) is 0.942. The Labute approximate surface area is 83.3 Å². The maximum atomic E-state index is 8.44. The highest BCUT2D eigenvalue weighted by Crippen LogP contribution is 2.23. The summed E-state index contributed by atoms with van der Waals surface area (Å²) in [6, 6.07) is 10.4.